The molecule has 144 valence electrons. The van der Waals surface area contributed by atoms with Crippen LogP contribution < -0.4 is 0 Å². The van der Waals surface area contributed by atoms with Crippen molar-refractivity contribution in [2.24, 2.45) is 5.92 Å². The SMILES string of the molecule is O=C(c1cc(O)cc(C(F)(F)F)c1)N1CCOCCC1C1CCOCC1. The number of carbonyl (C=O) groups excluding carboxylic acids is 1. The number of phenolic OH excluding ortho intramolecular Hbond substituents is 1. The van der Waals surface area contributed by atoms with Gasteiger partial charge in [0.2, 0.25) is 0 Å². The number of phenols is 1. The third-order valence-electron chi connectivity index (χ3n) is 5.00. The summed E-state index contributed by atoms with van der Waals surface area (Å²) < 4.78 is 49.9. The van der Waals surface area contributed by atoms with Gasteiger partial charge in [-0.05, 0) is 43.4 Å². The lowest BCUT2D eigenvalue weighted by molar-refractivity contribution is -0.137. The van der Waals surface area contributed by atoms with Crippen molar-refractivity contribution >= 4 is 5.91 Å². The van der Waals surface area contributed by atoms with Crippen LogP contribution in [-0.4, -0.2) is 54.9 Å². The Labute approximate surface area is 149 Å². The van der Waals surface area contributed by atoms with Crippen molar-refractivity contribution in [1.82, 2.24) is 4.90 Å². The Balaban J connectivity index is 1.89. The molecule has 26 heavy (non-hydrogen) atoms. The Kier molecular flexibility index (Phi) is 5.72. The van der Waals surface area contributed by atoms with E-state index in [2.05, 4.69) is 0 Å². The van der Waals surface area contributed by atoms with Crippen LogP contribution in [0.3, 0.4) is 0 Å². The van der Waals surface area contributed by atoms with Gasteiger partial charge in [-0.15, -0.1) is 0 Å². The predicted octanol–water partition coefficient (Wildman–Crippen LogP) is 3.07. The number of amides is 1. The van der Waals surface area contributed by atoms with E-state index in [-0.39, 0.29) is 17.5 Å². The lowest BCUT2D eigenvalue weighted by Crippen LogP contribution is -2.46. The molecule has 1 unspecified atom stereocenters. The molecule has 0 saturated carbocycles. The molecule has 5 nitrogen and oxygen atoms in total. The lowest BCUT2D eigenvalue weighted by atomic mass is 9.88. The highest BCUT2D eigenvalue weighted by molar-refractivity contribution is 5.95. The first-order chi connectivity index (χ1) is 12.4. The van der Waals surface area contributed by atoms with E-state index in [1.54, 1.807) is 4.90 Å². The molecule has 2 saturated heterocycles. The summed E-state index contributed by atoms with van der Waals surface area (Å²) in [7, 11) is 0. The number of carbonyl (C=O) groups is 1. The smallest absolute Gasteiger partial charge is 0.416 e. The minimum Gasteiger partial charge on any atom is -0.508 e. The molecule has 1 N–H and O–H groups in total. The van der Waals surface area contributed by atoms with Crippen molar-refractivity contribution < 1.29 is 32.5 Å². The van der Waals surface area contributed by atoms with E-state index in [1.807, 2.05) is 0 Å². The van der Waals surface area contributed by atoms with Crippen molar-refractivity contribution in [3.63, 3.8) is 0 Å². The van der Waals surface area contributed by atoms with Crippen LogP contribution in [0.2, 0.25) is 0 Å². The standard InChI is InChI=1S/C18H22F3NO4/c19-18(20,21)14-9-13(10-15(23)11-14)17(24)22-4-8-26-7-3-16(22)12-1-5-25-6-2-12/h9-12,16,23H,1-8H2. The third-order valence-corrected chi connectivity index (χ3v) is 5.00. The van der Waals surface area contributed by atoms with Gasteiger partial charge in [0, 0.05) is 38.0 Å². The van der Waals surface area contributed by atoms with Crippen molar-refractivity contribution in [2.45, 2.75) is 31.5 Å². The fourth-order valence-corrected chi connectivity index (χ4v) is 3.70. The van der Waals surface area contributed by atoms with Crippen molar-refractivity contribution in [3.8, 4) is 5.75 Å². The summed E-state index contributed by atoms with van der Waals surface area (Å²) in [5, 5.41) is 9.66. The highest BCUT2D eigenvalue weighted by Gasteiger charge is 2.36. The molecule has 2 aliphatic heterocycles. The van der Waals surface area contributed by atoms with Crippen LogP contribution in [0, 0.1) is 5.92 Å². The van der Waals surface area contributed by atoms with Crippen LogP contribution in [0.4, 0.5) is 13.2 Å². The highest BCUT2D eigenvalue weighted by atomic mass is 19.4. The van der Waals surface area contributed by atoms with E-state index in [0.717, 1.165) is 25.0 Å². The summed E-state index contributed by atoms with van der Waals surface area (Å²) in [4.78, 5) is 14.6. The van der Waals surface area contributed by atoms with Gasteiger partial charge in [0.05, 0.1) is 12.2 Å². The van der Waals surface area contributed by atoms with Crippen LogP contribution in [-0.2, 0) is 15.7 Å². The zero-order chi connectivity index (χ0) is 18.7. The highest BCUT2D eigenvalue weighted by Crippen LogP contribution is 2.34. The summed E-state index contributed by atoms with van der Waals surface area (Å²) in [6, 6.07) is 2.41. The van der Waals surface area contributed by atoms with Crippen molar-refractivity contribution in [3.05, 3.63) is 29.3 Å². The first-order valence-corrected chi connectivity index (χ1v) is 8.74. The zero-order valence-electron chi connectivity index (χ0n) is 14.3. The fraction of sp³-hybridized carbons (Fsp3) is 0.611. The van der Waals surface area contributed by atoms with E-state index in [9.17, 15) is 23.1 Å². The molecule has 3 rings (SSSR count). The molecule has 2 fully saturated rings. The van der Waals surface area contributed by atoms with Crippen molar-refractivity contribution in [1.29, 1.82) is 0 Å². The Hall–Kier alpha value is -1.80. The summed E-state index contributed by atoms with van der Waals surface area (Å²) >= 11 is 0. The van der Waals surface area contributed by atoms with Gasteiger partial charge >= 0.3 is 6.18 Å². The van der Waals surface area contributed by atoms with Crippen LogP contribution in [0.1, 0.15) is 35.2 Å². The molecular formula is C18H22F3NO4. The maximum absolute atomic E-state index is 13.0. The average Bonchev–Trinajstić information content (AvgIpc) is 2.86. The van der Waals surface area contributed by atoms with Gasteiger partial charge in [-0.2, -0.15) is 13.2 Å². The zero-order valence-corrected chi connectivity index (χ0v) is 14.3. The summed E-state index contributed by atoms with van der Waals surface area (Å²) in [6.07, 6.45) is -2.37. The molecule has 8 heteroatoms. The van der Waals surface area contributed by atoms with Gasteiger partial charge < -0.3 is 19.5 Å². The molecule has 1 aromatic rings. The molecule has 1 atom stereocenters. The number of ether oxygens (including phenoxy) is 2. The first-order valence-electron chi connectivity index (χ1n) is 8.74. The molecule has 1 aromatic carbocycles. The summed E-state index contributed by atoms with van der Waals surface area (Å²) in [6.45, 7) is 2.41. The van der Waals surface area contributed by atoms with Gasteiger partial charge in [-0.1, -0.05) is 0 Å². The normalized spacial score (nSPS) is 22.9. The molecular weight excluding hydrogens is 351 g/mol. The summed E-state index contributed by atoms with van der Waals surface area (Å²) in [5.41, 5.74) is -1.19. The van der Waals surface area contributed by atoms with Crippen LogP contribution in [0.15, 0.2) is 18.2 Å². The second-order valence-electron chi connectivity index (χ2n) is 6.68. The molecule has 0 aromatic heterocycles. The molecule has 0 spiro atoms. The average molecular weight is 373 g/mol. The number of hydrogen-bond donors (Lipinski definition) is 1. The quantitative estimate of drug-likeness (QED) is 0.866. The number of benzene rings is 1. The Morgan fingerprint density at radius 3 is 2.38 bits per heavy atom. The van der Waals surface area contributed by atoms with Crippen LogP contribution in [0.5, 0.6) is 5.75 Å². The van der Waals surface area contributed by atoms with Crippen LogP contribution >= 0.6 is 0 Å². The van der Waals surface area contributed by atoms with Crippen molar-refractivity contribution in [2.75, 3.05) is 33.0 Å². The minimum absolute atomic E-state index is 0.106. The van der Waals surface area contributed by atoms with E-state index >= 15 is 0 Å². The number of rotatable bonds is 2. The Bertz CT molecular complexity index is 644. The number of aromatic hydroxyl groups is 1. The molecule has 1 amide bonds. The monoisotopic (exact) mass is 373 g/mol. The number of halogens is 3. The van der Waals surface area contributed by atoms with Gasteiger partial charge in [-0.25, -0.2) is 0 Å². The van der Waals surface area contributed by atoms with Gasteiger partial charge in [-0.3, -0.25) is 4.79 Å². The maximum Gasteiger partial charge on any atom is 0.416 e. The third kappa shape index (κ3) is 4.29. The number of alkyl halides is 3. The molecule has 0 aliphatic carbocycles. The number of nitrogens with zero attached hydrogens (tertiary/aromatic N) is 1. The van der Waals surface area contributed by atoms with E-state index in [4.69, 9.17) is 9.47 Å². The topological polar surface area (TPSA) is 59.0 Å². The van der Waals surface area contributed by atoms with Gasteiger partial charge in [0.15, 0.2) is 0 Å². The summed E-state index contributed by atoms with van der Waals surface area (Å²) in [5.74, 6) is -0.848. The largest absolute Gasteiger partial charge is 0.508 e. The Morgan fingerprint density at radius 1 is 1.04 bits per heavy atom. The predicted molar refractivity (Wildman–Crippen MR) is 86.9 cm³/mol. The van der Waals surface area contributed by atoms with E-state index < -0.39 is 23.4 Å². The first kappa shape index (κ1) is 19.0. The second-order valence-corrected chi connectivity index (χ2v) is 6.68. The second kappa shape index (κ2) is 7.84. The van der Waals surface area contributed by atoms with E-state index in [0.29, 0.717) is 45.5 Å². The maximum atomic E-state index is 13.0. The van der Waals surface area contributed by atoms with Crippen LogP contribution in [0.25, 0.3) is 0 Å². The molecule has 2 aliphatic rings. The minimum atomic E-state index is -4.63. The van der Waals surface area contributed by atoms with Gasteiger partial charge in [0.25, 0.3) is 5.91 Å². The lowest BCUT2D eigenvalue weighted by Gasteiger charge is -2.37. The molecule has 0 radical (unpaired) electrons. The number of hydrogen-bond acceptors (Lipinski definition) is 4. The van der Waals surface area contributed by atoms with E-state index in [1.165, 1.54) is 0 Å². The Morgan fingerprint density at radius 2 is 1.69 bits per heavy atom. The fourth-order valence-electron chi connectivity index (χ4n) is 3.70. The molecule has 0 bridgehead atoms. The molecule has 2 heterocycles. The van der Waals surface area contributed by atoms with Gasteiger partial charge in [0.1, 0.15) is 5.75 Å².